The Labute approximate surface area is 302 Å². The predicted octanol–water partition coefficient (Wildman–Crippen LogP) is 13.7. The largest absolute Gasteiger partial charge is 0.309 e. The molecule has 0 atom stereocenters. The number of aromatic nitrogens is 2. The third kappa shape index (κ3) is 3.69. The van der Waals surface area contributed by atoms with Gasteiger partial charge in [-0.2, -0.15) is 0 Å². The summed E-state index contributed by atoms with van der Waals surface area (Å²) in [7, 11) is 0. The summed E-state index contributed by atoms with van der Waals surface area (Å²) in [5, 5.41) is 7.72. The first-order valence-corrected chi connectivity index (χ1v) is 18.6. The molecule has 0 saturated carbocycles. The van der Waals surface area contributed by atoms with Crippen LogP contribution in [0.1, 0.15) is 0 Å². The minimum absolute atomic E-state index is 1.13. The van der Waals surface area contributed by atoms with E-state index in [1.54, 1.807) is 0 Å². The van der Waals surface area contributed by atoms with Crippen LogP contribution in [0.5, 0.6) is 0 Å². The van der Waals surface area contributed by atoms with Crippen LogP contribution in [0.2, 0.25) is 0 Å². The van der Waals surface area contributed by atoms with Crippen molar-refractivity contribution in [1.29, 1.82) is 0 Å². The molecule has 3 nitrogen and oxygen atoms in total. The monoisotopic (exact) mass is 679 g/mol. The summed E-state index contributed by atoms with van der Waals surface area (Å²) in [5.74, 6) is 0. The summed E-state index contributed by atoms with van der Waals surface area (Å²) in [6, 6.07) is 64.6. The van der Waals surface area contributed by atoms with Crippen LogP contribution >= 0.6 is 11.3 Å². The molecule has 4 aromatic heterocycles. The van der Waals surface area contributed by atoms with Crippen molar-refractivity contribution >= 4 is 103 Å². The summed E-state index contributed by atoms with van der Waals surface area (Å²) >= 11 is 1.86. The van der Waals surface area contributed by atoms with Crippen molar-refractivity contribution in [2.75, 3.05) is 4.90 Å². The first-order valence-electron chi connectivity index (χ1n) is 17.8. The van der Waals surface area contributed by atoms with Gasteiger partial charge >= 0.3 is 0 Å². The molecule has 0 N–H and O–H groups in total. The van der Waals surface area contributed by atoms with Crippen molar-refractivity contribution in [2.45, 2.75) is 0 Å². The fraction of sp³-hybridized carbons (Fsp3) is 0. The SMILES string of the molecule is c1ccc(N(c2ccccc2-c2ccc3c(c2)n2c4ccccc4c4ccc5c6ccccc6n3c5c42)c2cccc3sc4ccccc4c23)cc1. The van der Waals surface area contributed by atoms with Crippen LogP contribution in [0.4, 0.5) is 17.1 Å². The lowest BCUT2D eigenvalue weighted by molar-refractivity contribution is 1.25. The minimum atomic E-state index is 1.13. The first kappa shape index (κ1) is 28.1. The van der Waals surface area contributed by atoms with E-state index in [9.17, 15) is 0 Å². The number of anilines is 3. The number of rotatable bonds is 4. The van der Waals surface area contributed by atoms with Crippen LogP contribution < -0.4 is 4.90 Å². The second-order valence-corrected chi connectivity index (χ2v) is 14.8. The third-order valence-corrected chi connectivity index (χ3v) is 12.2. The first-order chi connectivity index (χ1) is 25.8. The molecule has 4 heteroatoms. The molecule has 0 spiro atoms. The van der Waals surface area contributed by atoms with Crippen molar-refractivity contribution in [1.82, 2.24) is 8.80 Å². The molecule has 0 saturated heterocycles. The smallest absolute Gasteiger partial charge is 0.0789 e. The van der Waals surface area contributed by atoms with Gasteiger partial charge in [0.1, 0.15) is 0 Å². The number of thiophene rings is 1. The number of para-hydroxylation sites is 4. The lowest BCUT2D eigenvalue weighted by Gasteiger charge is -2.28. The van der Waals surface area contributed by atoms with Gasteiger partial charge in [0.2, 0.25) is 0 Å². The molecule has 0 unspecified atom stereocenters. The highest BCUT2D eigenvalue weighted by atomic mass is 32.1. The van der Waals surface area contributed by atoms with Gasteiger partial charge < -0.3 is 13.7 Å². The average molecular weight is 680 g/mol. The summed E-state index contributed by atoms with van der Waals surface area (Å²) in [4.78, 5) is 2.46. The Morgan fingerprint density at radius 2 is 0.981 bits per heavy atom. The van der Waals surface area contributed by atoms with Gasteiger partial charge in [-0.25, -0.2) is 0 Å². The Morgan fingerprint density at radius 1 is 0.385 bits per heavy atom. The van der Waals surface area contributed by atoms with Gasteiger partial charge in [-0.05, 0) is 66.2 Å². The minimum Gasteiger partial charge on any atom is -0.309 e. The van der Waals surface area contributed by atoms with E-state index in [1.807, 2.05) is 11.3 Å². The molecule has 242 valence electrons. The number of hydrogen-bond donors (Lipinski definition) is 0. The van der Waals surface area contributed by atoms with Crippen LogP contribution in [0, 0.1) is 0 Å². The van der Waals surface area contributed by atoms with Gasteiger partial charge in [-0.1, -0.05) is 115 Å². The van der Waals surface area contributed by atoms with Crippen LogP contribution in [-0.2, 0) is 0 Å². The Hall–Kier alpha value is -6.62. The van der Waals surface area contributed by atoms with E-state index in [4.69, 9.17) is 0 Å². The number of fused-ring (bicyclic) bond motifs is 12. The zero-order valence-electron chi connectivity index (χ0n) is 28.0. The molecule has 4 heterocycles. The second kappa shape index (κ2) is 10.5. The Kier molecular flexibility index (Phi) is 5.65. The van der Waals surface area contributed by atoms with Crippen molar-refractivity contribution in [3.05, 3.63) is 176 Å². The Morgan fingerprint density at radius 3 is 1.75 bits per heavy atom. The molecule has 52 heavy (non-hydrogen) atoms. The highest BCUT2D eigenvalue weighted by Gasteiger charge is 2.24. The zero-order chi connectivity index (χ0) is 33.9. The van der Waals surface area contributed by atoms with Gasteiger partial charge in [0.05, 0.1) is 44.5 Å². The highest BCUT2D eigenvalue weighted by molar-refractivity contribution is 7.26. The number of benzene rings is 8. The zero-order valence-corrected chi connectivity index (χ0v) is 28.8. The average Bonchev–Trinajstić information content (AvgIpc) is 3.87. The topological polar surface area (TPSA) is 12.1 Å². The van der Waals surface area contributed by atoms with Crippen LogP contribution in [0.25, 0.3) is 85.9 Å². The number of nitrogens with zero attached hydrogens (tertiary/aromatic N) is 3. The Balaban J connectivity index is 1.19. The van der Waals surface area contributed by atoms with Gasteiger partial charge in [-0.15, -0.1) is 11.3 Å². The van der Waals surface area contributed by atoms with E-state index in [0.717, 1.165) is 11.4 Å². The van der Waals surface area contributed by atoms with Crippen molar-refractivity contribution < 1.29 is 0 Å². The van der Waals surface area contributed by atoms with Gasteiger partial charge in [0, 0.05) is 53.0 Å². The summed E-state index contributed by atoms with van der Waals surface area (Å²) < 4.78 is 7.60. The maximum Gasteiger partial charge on any atom is 0.0789 e. The van der Waals surface area contributed by atoms with Crippen molar-refractivity contribution in [3.8, 4) is 11.1 Å². The second-order valence-electron chi connectivity index (χ2n) is 13.7. The maximum atomic E-state index is 2.51. The number of hydrogen-bond acceptors (Lipinski definition) is 2. The van der Waals surface area contributed by atoms with Gasteiger partial charge in [0.25, 0.3) is 0 Å². The molecular weight excluding hydrogens is 651 g/mol. The standard InChI is InChI=1S/C48H29N3S/c1-2-13-31(14-3-1)49(42-22-12-24-45-46(42)37-18-7-11-23-44(37)52-45)38-19-8-4-15-32(38)30-25-28-41-43(29-30)51-40-21-10-6-17-34(40)36-27-26-35-33-16-5-9-20-39(33)50(41)47(35)48(36)51/h1-29H. The lowest BCUT2D eigenvalue weighted by Crippen LogP contribution is -2.11. The van der Waals surface area contributed by atoms with Crippen LogP contribution in [0.3, 0.4) is 0 Å². The quantitative estimate of drug-likeness (QED) is 0.169. The fourth-order valence-corrected chi connectivity index (χ4v) is 10.0. The van der Waals surface area contributed by atoms with Crippen LogP contribution in [-0.4, -0.2) is 8.80 Å². The summed E-state index contributed by atoms with van der Waals surface area (Å²) in [6.07, 6.45) is 0. The van der Waals surface area contributed by atoms with Crippen molar-refractivity contribution in [3.63, 3.8) is 0 Å². The van der Waals surface area contributed by atoms with Gasteiger partial charge in [-0.3, -0.25) is 0 Å². The lowest BCUT2D eigenvalue weighted by atomic mass is 10.00. The fourth-order valence-electron chi connectivity index (χ4n) is 8.90. The normalized spacial score (nSPS) is 12.2. The summed E-state index contributed by atoms with van der Waals surface area (Å²) in [5.41, 5.74) is 13.2. The molecule has 0 aliphatic rings. The molecular formula is C48H29N3S. The molecule has 0 bridgehead atoms. The van der Waals surface area contributed by atoms with Crippen molar-refractivity contribution in [2.24, 2.45) is 0 Å². The summed E-state index contributed by atoms with van der Waals surface area (Å²) in [6.45, 7) is 0. The molecule has 0 aliphatic carbocycles. The third-order valence-electron chi connectivity index (χ3n) is 11.0. The van der Waals surface area contributed by atoms with E-state index in [0.29, 0.717) is 0 Å². The van der Waals surface area contributed by atoms with E-state index < -0.39 is 0 Å². The van der Waals surface area contributed by atoms with E-state index >= 15 is 0 Å². The molecule has 0 aliphatic heterocycles. The van der Waals surface area contributed by atoms with Gasteiger partial charge in [0.15, 0.2) is 0 Å². The van der Waals surface area contributed by atoms with E-state index in [1.165, 1.54) is 91.6 Å². The molecule has 12 rings (SSSR count). The molecule has 0 fully saturated rings. The predicted molar refractivity (Wildman–Crippen MR) is 223 cm³/mol. The van der Waals surface area contributed by atoms with E-state index in [-0.39, 0.29) is 0 Å². The Bertz CT molecular complexity index is 3360. The molecule has 12 aromatic rings. The molecule has 0 radical (unpaired) electrons. The maximum absolute atomic E-state index is 2.51. The highest BCUT2D eigenvalue weighted by Crippen LogP contribution is 2.48. The molecule has 8 aromatic carbocycles. The van der Waals surface area contributed by atoms with Crippen LogP contribution in [0.15, 0.2) is 176 Å². The van der Waals surface area contributed by atoms with E-state index in [2.05, 4.69) is 190 Å². The molecule has 0 amide bonds.